The lowest BCUT2D eigenvalue weighted by atomic mass is 9.74. The van der Waals surface area contributed by atoms with Crippen molar-refractivity contribution in [3.8, 4) is 17.0 Å². The summed E-state index contributed by atoms with van der Waals surface area (Å²) in [5.41, 5.74) is 3.10. The fraction of sp³-hybridized carbons (Fsp3) is 0.643. The van der Waals surface area contributed by atoms with Gasteiger partial charge < -0.3 is 4.74 Å². The third kappa shape index (κ3) is 7.94. The second-order valence-electron chi connectivity index (χ2n) is 9.31. The van der Waals surface area contributed by atoms with E-state index >= 15 is 0 Å². The number of benzene rings is 1. The van der Waals surface area contributed by atoms with Gasteiger partial charge in [0, 0.05) is 11.8 Å². The summed E-state index contributed by atoms with van der Waals surface area (Å²) in [7, 11) is 0. The fourth-order valence-electron chi connectivity index (χ4n) is 4.95. The second kappa shape index (κ2) is 13.5. The number of rotatable bonds is 13. The third-order valence-corrected chi connectivity index (χ3v) is 6.87. The number of aromatic nitrogens is 2. The lowest BCUT2D eigenvalue weighted by molar-refractivity contribution is 0.190. The van der Waals surface area contributed by atoms with Gasteiger partial charge in [0.15, 0.2) is 0 Å². The van der Waals surface area contributed by atoms with E-state index in [1.165, 1.54) is 77.0 Å². The van der Waals surface area contributed by atoms with Crippen molar-refractivity contribution < 1.29 is 4.74 Å². The average Bonchev–Trinajstić information content (AvgIpc) is 2.82. The number of nitrogens with zero attached hydrogens (tertiary/aromatic N) is 2. The minimum Gasteiger partial charge on any atom is -0.494 e. The molecule has 3 heteroatoms. The largest absolute Gasteiger partial charge is 0.494 e. The summed E-state index contributed by atoms with van der Waals surface area (Å²) < 4.78 is 6.05. The van der Waals surface area contributed by atoms with Crippen molar-refractivity contribution in [2.45, 2.75) is 97.3 Å². The normalized spacial score (nSPS) is 18.8. The fourth-order valence-corrected chi connectivity index (χ4v) is 4.95. The molecule has 1 aliphatic rings. The van der Waals surface area contributed by atoms with Crippen LogP contribution in [0, 0.1) is 11.8 Å². The van der Waals surface area contributed by atoms with E-state index in [4.69, 9.17) is 4.74 Å². The highest BCUT2D eigenvalue weighted by Crippen LogP contribution is 2.36. The molecule has 1 fully saturated rings. The lowest BCUT2D eigenvalue weighted by Gasteiger charge is -2.31. The molecule has 1 heterocycles. The van der Waals surface area contributed by atoms with Crippen molar-refractivity contribution in [1.29, 1.82) is 0 Å². The SMILES string of the molecule is CCCCCC1CCCCC1CCCOc1ccc(-c2cnc(CCCC)cn2)cc1. The van der Waals surface area contributed by atoms with Gasteiger partial charge in [0.1, 0.15) is 5.75 Å². The molecular formula is C28H42N2O. The molecule has 2 atom stereocenters. The molecule has 31 heavy (non-hydrogen) atoms. The van der Waals surface area contributed by atoms with E-state index in [0.717, 1.165) is 47.6 Å². The van der Waals surface area contributed by atoms with Crippen molar-refractivity contribution in [1.82, 2.24) is 9.97 Å². The molecule has 0 N–H and O–H groups in total. The van der Waals surface area contributed by atoms with Crippen LogP contribution >= 0.6 is 0 Å². The summed E-state index contributed by atoms with van der Waals surface area (Å²) in [5, 5.41) is 0. The van der Waals surface area contributed by atoms with Gasteiger partial charge in [-0.3, -0.25) is 9.97 Å². The number of hydrogen-bond acceptors (Lipinski definition) is 3. The van der Waals surface area contributed by atoms with E-state index in [-0.39, 0.29) is 0 Å². The molecule has 2 unspecified atom stereocenters. The number of aryl methyl sites for hydroxylation is 1. The molecule has 3 rings (SSSR count). The van der Waals surface area contributed by atoms with Crippen molar-refractivity contribution in [3.05, 3.63) is 42.4 Å². The van der Waals surface area contributed by atoms with Gasteiger partial charge >= 0.3 is 0 Å². The summed E-state index contributed by atoms with van der Waals surface area (Å²) in [6.07, 6.45) is 21.0. The van der Waals surface area contributed by atoms with Crippen LogP contribution in [0.4, 0.5) is 0 Å². The van der Waals surface area contributed by atoms with Crippen LogP contribution in [-0.4, -0.2) is 16.6 Å². The molecule has 1 aliphatic carbocycles. The molecule has 0 aliphatic heterocycles. The Morgan fingerprint density at radius 3 is 2.16 bits per heavy atom. The zero-order valence-corrected chi connectivity index (χ0v) is 19.8. The zero-order valence-electron chi connectivity index (χ0n) is 19.8. The molecule has 170 valence electrons. The van der Waals surface area contributed by atoms with E-state index < -0.39 is 0 Å². The summed E-state index contributed by atoms with van der Waals surface area (Å²) in [5.74, 6) is 2.85. The smallest absolute Gasteiger partial charge is 0.119 e. The van der Waals surface area contributed by atoms with Crippen LogP contribution in [0.15, 0.2) is 36.7 Å². The van der Waals surface area contributed by atoms with E-state index in [2.05, 4.69) is 48.1 Å². The Labute approximate surface area is 190 Å². The van der Waals surface area contributed by atoms with Crippen LogP contribution in [0.1, 0.15) is 96.6 Å². The standard InChI is InChI=1S/C28H42N2O/c1-3-5-7-11-23-12-8-9-13-24(23)14-10-20-31-27-18-16-25(17-19-27)28-22-29-26(21-30-28)15-6-4-2/h16-19,21-24H,3-15,20H2,1-2H3. The highest BCUT2D eigenvalue weighted by atomic mass is 16.5. The Hall–Kier alpha value is -1.90. The summed E-state index contributed by atoms with van der Waals surface area (Å²) in [4.78, 5) is 9.14. The van der Waals surface area contributed by atoms with Crippen molar-refractivity contribution in [3.63, 3.8) is 0 Å². The molecule has 1 aromatic heterocycles. The lowest BCUT2D eigenvalue weighted by Crippen LogP contribution is -2.20. The number of ether oxygens (including phenoxy) is 1. The molecular weight excluding hydrogens is 380 g/mol. The quantitative estimate of drug-likeness (QED) is 0.306. The average molecular weight is 423 g/mol. The Morgan fingerprint density at radius 2 is 1.52 bits per heavy atom. The maximum Gasteiger partial charge on any atom is 0.119 e. The van der Waals surface area contributed by atoms with Gasteiger partial charge in [-0.1, -0.05) is 71.6 Å². The molecule has 1 saturated carbocycles. The maximum atomic E-state index is 6.05. The molecule has 0 bridgehead atoms. The van der Waals surface area contributed by atoms with Gasteiger partial charge in [0.05, 0.1) is 24.2 Å². The highest BCUT2D eigenvalue weighted by molar-refractivity contribution is 5.58. The summed E-state index contributed by atoms with van der Waals surface area (Å²) in [6, 6.07) is 8.32. The monoisotopic (exact) mass is 422 g/mol. The molecule has 2 aromatic rings. The zero-order chi connectivity index (χ0) is 21.7. The third-order valence-electron chi connectivity index (χ3n) is 6.87. The molecule has 1 aromatic carbocycles. The van der Waals surface area contributed by atoms with Crippen LogP contribution < -0.4 is 4.74 Å². The first-order chi connectivity index (χ1) is 15.3. The van der Waals surface area contributed by atoms with E-state index in [0.29, 0.717) is 0 Å². The van der Waals surface area contributed by atoms with Gasteiger partial charge in [-0.15, -0.1) is 0 Å². The Bertz CT molecular complexity index is 726. The molecule has 3 nitrogen and oxygen atoms in total. The van der Waals surface area contributed by atoms with Crippen LogP contribution in [0.3, 0.4) is 0 Å². The van der Waals surface area contributed by atoms with Gasteiger partial charge in [0.25, 0.3) is 0 Å². The molecule has 0 saturated heterocycles. The first kappa shape index (κ1) is 23.8. The minimum atomic E-state index is 0.823. The van der Waals surface area contributed by atoms with Crippen LogP contribution in [0.2, 0.25) is 0 Å². The van der Waals surface area contributed by atoms with Crippen LogP contribution in [0.25, 0.3) is 11.3 Å². The first-order valence-electron chi connectivity index (χ1n) is 12.8. The van der Waals surface area contributed by atoms with Crippen molar-refractivity contribution in [2.24, 2.45) is 11.8 Å². The Morgan fingerprint density at radius 1 is 0.806 bits per heavy atom. The van der Waals surface area contributed by atoms with Crippen molar-refractivity contribution >= 4 is 0 Å². The van der Waals surface area contributed by atoms with Gasteiger partial charge in [-0.05, 0) is 61.8 Å². The number of hydrogen-bond donors (Lipinski definition) is 0. The van der Waals surface area contributed by atoms with Gasteiger partial charge in [-0.2, -0.15) is 0 Å². The predicted octanol–water partition coefficient (Wildman–Crippen LogP) is 8.03. The maximum absolute atomic E-state index is 6.05. The molecule has 0 spiro atoms. The second-order valence-corrected chi connectivity index (χ2v) is 9.31. The van der Waals surface area contributed by atoms with Gasteiger partial charge in [0.2, 0.25) is 0 Å². The Kier molecular flexibility index (Phi) is 10.3. The van der Waals surface area contributed by atoms with Crippen molar-refractivity contribution in [2.75, 3.05) is 6.61 Å². The summed E-state index contributed by atoms with van der Waals surface area (Å²) >= 11 is 0. The molecule has 0 radical (unpaired) electrons. The topological polar surface area (TPSA) is 35.0 Å². The molecule has 0 amide bonds. The van der Waals surface area contributed by atoms with E-state index in [1.54, 1.807) is 0 Å². The van der Waals surface area contributed by atoms with Crippen LogP contribution in [-0.2, 0) is 6.42 Å². The first-order valence-corrected chi connectivity index (χ1v) is 12.8. The van der Waals surface area contributed by atoms with E-state index in [9.17, 15) is 0 Å². The minimum absolute atomic E-state index is 0.823. The predicted molar refractivity (Wildman–Crippen MR) is 130 cm³/mol. The number of unbranched alkanes of at least 4 members (excludes halogenated alkanes) is 3. The van der Waals surface area contributed by atoms with Crippen LogP contribution in [0.5, 0.6) is 5.75 Å². The van der Waals surface area contributed by atoms with Gasteiger partial charge in [-0.25, -0.2) is 0 Å². The Balaban J connectivity index is 1.41. The van der Waals surface area contributed by atoms with E-state index in [1.807, 2.05) is 12.4 Å². The highest BCUT2D eigenvalue weighted by Gasteiger charge is 2.24. The summed E-state index contributed by atoms with van der Waals surface area (Å²) in [6.45, 7) is 5.33.